The third-order valence-electron chi connectivity index (χ3n) is 4.66. The number of hydrogen-bond acceptors (Lipinski definition) is 3. The molecule has 134 valence electrons. The van der Waals surface area contributed by atoms with E-state index in [0.29, 0.717) is 18.9 Å². The molecule has 1 N–H and O–H groups in total. The Morgan fingerprint density at radius 2 is 1.74 bits per heavy atom. The quantitative estimate of drug-likeness (QED) is 0.627. The third kappa shape index (κ3) is 8.94. The summed E-state index contributed by atoms with van der Waals surface area (Å²) in [6.45, 7) is 5.43. The van der Waals surface area contributed by atoms with Gasteiger partial charge in [-0.1, -0.05) is 32.6 Å². The van der Waals surface area contributed by atoms with E-state index in [1.807, 2.05) is 0 Å². The fraction of sp³-hybridized carbons (Fsp3) is 0.889. The van der Waals surface area contributed by atoms with Crippen LogP contribution in [0, 0.1) is 5.92 Å². The molecule has 2 amide bonds. The van der Waals surface area contributed by atoms with Gasteiger partial charge < -0.3 is 10.2 Å². The number of likely N-dealkylation sites (N-methyl/N-ethyl adjacent to an activating group) is 1. The van der Waals surface area contributed by atoms with E-state index in [-0.39, 0.29) is 11.8 Å². The van der Waals surface area contributed by atoms with Crippen LogP contribution in [0.2, 0.25) is 0 Å². The SMILES string of the molecule is CCCCCCCC(=O)NCC1CCN(CC(=O)N(C)C)CC1. The Balaban J connectivity index is 2.07. The predicted octanol–water partition coefficient (Wildman–Crippen LogP) is 2.26. The molecule has 1 rings (SSSR count). The van der Waals surface area contributed by atoms with Crippen molar-refractivity contribution in [2.24, 2.45) is 5.92 Å². The highest BCUT2D eigenvalue weighted by Gasteiger charge is 2.21. The van der Waals surface area contributed by atoms with Crippen molar-refractivity contribution in [2.75, 3.05) is 40.3 Å². The summed E-state index contributed by atoms with van der Waals surface area (Å²) < 4.78 is 0. The molecule has 1 saturated heterocycles. The van der Waals surface area contributed by atoms with Gasteiger partial charge >= 0.3 is 0 Å². The van der Waals surface area contributed by atoms with Gasteiger partial charge in [0.05, 0.1) is 6.54 Å². The molecular formula is C18H35N3O2. The number of nitrogens with one attached hydrogen (secondary N) is 1. The third-order valence-corrected chi connectivity index (χ3v) is 4.66. The highest BCUT2D eigenvalue weighted by atomic mass is 16.2. The van der Waals surface area contributed by atoms with E-state index in [0.717, 1.165) is 38.9 Å². The number of likely N-dealkylation sites (tertiary alicyclic amines) is 1. The van der Waals surface area contributed by atoms with Crippen molar-refractivity contribution in [2.45, 2.75) is 58.3 Å². The Bertz CT molecular complexity index is 350. The van der Waals surface area contributed by atoms with Crippen LogP contribution in [0.5, 0.6) is 0 Å². The molecule has 1 aliphatic rings. The molecule has 1 heterocycles. The molecule has 0 atom stereocenters. The first-order chi connectivity index (χ1) is 11.0. The van der Waals surface area contributed by atoms with E-state index in [1.54, 1.807) is 19.0 Å². The minimum absolute atomic E-state index is 0.167. The largest absolute Gasteiger partial charge is 0.356 e. The molecule has 23 heavy (non-hydrogen) atoms. The molecule has 5 heteroatoms. The van der Waals surface area contributed by atoms with Crippen LogP contribution in [0.3, 0.4) is 0 Å². The number of hydrogen-bond donors (Lipinski definition) is 1. The zero-order chi connectivity index (χ0) is 17.1. The van der Waals surface area contributed by atoms with Gasteiger partial charge in [0.1, 0.15) is 0 Å². The summed E-state index contributed by atoms with van der Waals surface area (Å²) in [4.78, 5) is 27.4. The van der Waals surface area contributed by atoms with Gasteiger partial charge in [0.25, 0.3) is 0 Å². The number of piperidine rings is 1. The number of amides is 2. The molecule has 0 aromatic heterocycles. The molecule has 0 aromatic rings. The van der Waals surface area contributed by atoms with Gasteiger partial charge in [-0.25, -0.2) is 0 Å². The number of nitrogens with zero attached hydrogens (tertiary/aromatic N) is 2. The van der Waals surface area contributed by atoms with Crippen molar-refractivity contribution < 1.29 is 9.59 Å². The van der Waals surface area contributed by atoms with Gasteiger partial charge in [-0.05, 0) is 38.3 Å². The van der Waals surface area contributed by atoms with Gasteiger partial charge in [0, 0.05) is 27.1 Å². The lowest BCUT2D eigenvalue weighted by Gasteiger charge is -2.32. The zero-order valence-electron chi connectivity index (χ0n) is 15.3. The molecule has 1 aliphatic heterocycles. The second-order valence-corrected chi connectivity index (χ2v) is 6.98. The minimum Gasteiger partial charge on any atom is -0.356 e. The van der Waals surface area contributed by atoms with Crippen molar-refractivity contribution in [1.82, 2.24) is 15.1 Å². The normalized spacial score (nSPS) is 16.3. The average molecular weight is 325 g/mol. The maximum Gasteiger partial charge on any atom is 0.236 e. The molecular weight excluding hydrogens is 290 g/mol. The summed E-state index contributed by atoms with van der Waals surface area (Å²) in [6, 6.07) is 0. The van der Waals surface area contributed by atoms with Gasteiger partial charge in [-0.15, -0.1) is 0 Å². The Kier molecular flexibility index (Phi) is 9.92. The Morgan fingerprint density at radius 1 is 1.09 bits per heavy atom. The summed E-state index contributed by atoms with van der Waals surface area (Å²) in [5, 5.41) is 3.08. The molecule has 0 bridgehead atoms. The molecule has 0 unspecified atom stereocenters. The van der Waals surface area contributed by atoms with Crippen LogP contribution >= 0.6 is 0 Å². The second-order valence-electron chi connectivity index (χ2n) is 6.98. The van der Waals surface area contributed by atoms with Crippen molar-refractivity contribution in [3.05, 3.63) is 0 Å². The standard InChI is InChI=1S/C18H35N3O2/c1-4-5-6-7-8-9-17(22)19-14-16-10-12-21(13-11-16)15-18(23)20(2)3/h16H,4-15H2,1-3H3,(H,19,22). The Morgan fingerprint density at radius 3 is 2.35 bits per heavy atom. The highest BCUT2D eigenvalue weighted by Crippen LogP contribution is 2.16. The molecule has 5 nitrogen and oxygen atoms in total. The first-order valence-corrected chi connectivity index (χ1v) is 9.22. The van der Waals surface area contributed by atoms with Gasteiger partial charge in [0.15, 0.2) is 0 Å². The maximum absolute atomic E-state index is 11.8. The summed E-state index contributed by atoms with van der Waals surface area (Å²) in [7, 11) is 3.60. The first-order valence-electron chi connectivity index (χ1n) is 9.22. The predicted molar refractivity (Wildman–Crippen MR) is 94.2 cm³/mol. The monoisotopic (exact) mass is 325 g/mol. The maximum atomic E-state index is 11.8. The lowest BCUT2D eigenvalue weighted by Crippen LogP contribution is -2.43. The van der Waals surface area contributed by atoms with E-state index >= 15 is 0 Å². The highest BCUT2D eigenvalue weighted by molar-refractivity contribution is 5.77. The van der Waals surface area contributed by atoms with Crippen molar-refractivity contribution in [1.29, 1.82) is 0 Å². The number of unbranched alkanes of at least 4 members (excludes halogenated alkanes) is 4. The summed E-state index contributed by atoms with van der Waals surface area (Å²) in [6.07, 6.45) is 8.74. The van der Waals surface area contributed by atoms with Crippen LogP contribution in [-0.2, 0) is 9.59 Å². The Labute approximate surface area is 141 Å². The summed E-state index contributed by atoms with van der Waals surface area (Å²) >= 11 is 0. The fourth-order valence-corrected chi connectivity index (χ4v) is 2.92. The van der Waals surface area contributed by atoms with Crippen molar-refractivity contribution in [3.63, 3.8) is 0 Å². The molecule has 0 spiro atoms. The Hall–Kier alpha value is -1.10. The van der Waals surface area contributed by atoms with Gasteiger partial charge in [0.2, 0.25) is 11.8 Å². The summed E-state index contributed by atoms with van der Waals surface area (Å²) in [5.74, 6) is 0.927. The molecule has 0 saturated carbocycles. The van der Waals surface area contributed by atoms with Crippen molar-refractivity contribution >= 4 is 11.8 Å². The first kappa shape index (κ1) is 19.9. The lowest BCUT2D eigenvalue weighted by atomic mass is 9.96. The van der Waals surface area contributed by atoms with Crippen LogP contribution in [0.25, 0.3) is 0 Å². The zero-order valence-corrected chi connectivity index (χ0v) is 15.3. The summed E-state index contributed by atoms with van der Waals surface area (Å²) in [5.41, 5.74) is 0. The smallest absolute Gasteiger partial charge is 0.236 e. The lowest BCUT2D eigenvalue weighted by molar-refractivity contribution is -0.130. The van der Waals surface area contributed by atoms with Crippen LogP contribution in [0.1, 0.15) is 58.3 Å². The molecule has 0 radical (unpaired) electrons. The van der Waals surface area contributed by atoms with E-state index in [2.05, 4.69) is 17.1 Å². The van der Waals surface area contributed by atoms with Crippen LogP contribution in [-0.4, -0.2) is 61.9 Å². The number of carbonyl (C=O) groups is 2. The van der Waals surface area contributed by atoms with Crippen molar-refractivity contribution in [3.8, 4) is 0 Å². The van der Waals surface area contributed by atoms with E-state index in [4.69, 9.17) is 0 Å². The fourth-order valence-electron chi connectivity index (χ4n) is 2.92. The van der Waals surface area contributed by atoms with Crippen LogP contribution in [0.4, 0.5) is 0 Å². The van der Waals surface area contributed by atoms with E-state index in [9.17, 15) is 9.59 Å². The molecule has 1 fully saturated rings. The minimum atomic E-state index is 0.167. The average Bonchev–Trinajstić information content (AvgIpc) is 2.54. The second kappa shape index (κ2) is 11.4. The van der Waals surface area contributed by atoms with Crippen LogP contribution in [0.15, 0.2) is 0 Å². The number of carbonyl (C=O) groups excluding carboxylic acids is 2. The molecule has 0 aromatic carbocycles. The van der Waals surface area contributed by atoms with Crippen LogP contribution < -0.4 is 5.32 Å². The topological polar surface area (TPSA) is 52.7 Å². The van der Waals surface area contributed by atoms with Gasteiger partial charge in [-0.3, -0.25) is 14.5 Å². The van der Waals surface area contributed by atoms with E-state index in [1.165, 1.54) is 25.7 Å². The number of rotatable bonds is 10. The van der Waals surface area contributed by atoms with Gasteiger partial charge in [-0.2, -0.15) is 0 Å². The molecule has 0 aliphatic carbocycles. The van der Waals surface area contributed by atoms with E-state index < -0.39 is 0 Å².